The molecule has 52 valence electrons. The van der Waals surface area contributed by atoms with E-state index in [1.165, 1.54) is 0 Å². The van der Waals surface area contributed by atoms with E-state index in [1.54, 1.807) is 6.08 Å². The molecule has 0 aliphatic rings. The fourth-order valence-electron chi connectivity index (χ4n) is 0.506. The van der Waals surface area contributed by atoms with Crippen molar-refractivity contribution in [2.75, 3.05) is 0 Å². The van der Waals surface area contributed by atoms with E-state index in [4.69, 9.17) is 4.74 Å². The molecule has 0 aliphatic carbocycles. The lowest BCUT2D eigenvalue weighted by atomic mass is 10.4. The molecule has 0 N–H and O–H groups in total. The van der Waals surface area contributed by atoms with Crippen LogP contribution in [0.25, 0.3) is 0 Å². The lowest BCUT2D eigenvalue weighted by Crippen LogP contribution is -1.99. The van der Waals surface area contributed by atoms with Gasteiger partial charge in [0, 0.05) is 0 Å². The van der Waals surface area contributed by atoms with Crippen LogP contribution in [-0.2, 0) is 4.74 Å². The maximum absolute atomic E-state index is 5.29. The van der Waals surface area contributed by atoms with Crippen LogP contribution in [0.15, 0.2) is 24.5 Å². The van der Waals surface area contributed by atoms with Crippen molar-refractivity contribution in [3.63, 3.8) is 0 Å². The first-order chi connectivity index (χ1) is 4.20. The highest BCUT2D eigenvalue weighted by Gasteiger charge is 1.92. The zero-order valence-corrected chi connectivity index (χ0v) is 6.35. The summed E-state index contributed by atoms with van der Waals surface area (Å²) in [5.74, 6) is 0.852. The van der Waals surface area contributed by atoms with Crippen molar-refractivity contribution < 1.29 is 4.74 Å². The number of ether oxygens (including phenoxy) is 1. The zero-order chi connectivity index (χ0) is 7.28. The smallest absolute Gasteiger partial charge is 0.114 e. The molecule has 1 heteroatoms. The number of hydrogen-bond donors (Lipinski definition) is 0. The third-order valence-corrected chi connectivity index (χ3v) is 0.857. The summed E-state index contributed by atoms with van der Waals surface area (Å²) in [6.07, 6.45) is 3.85. The van der Waals surface area contributed by atoms with Crippen LogP contribution in [0, 0.1) is 0 Å². The maximum Gasteiger partial charge on any atom is 0.114 e. The Balaban J connectivity index is 3.71. The highest BCUT2D eigenvalue weighted by atomic mass is 16.5. The average molecular weight is 126 g/mol. The van der Waals surface area contributed by atoms with Crippen LogP contribution in [0.5, 0.6) is 0 Å². The number of hydrogen-bond acceptors (Lipinski definition) is 1. The highest BCUT2D eigenvalue weighted by molar-refractivity contribution is 5.06. The molecular weight excluding hydrogens is 112 g/mol. The van der Waals surface area contributed by atoms with Crippen molar-refractivity contribution in [3.05, 3.63) is 24.5 Å². The van der Waals surface area contributed by atoms with Crippen molar-refractivity contribution >= 4 is 0 Å². The minimum Gasteiger partial charge on any atom is -0.491 e. The lowest BCUT2D eigenvalue weighted by Gasteiger charge is -2.08. The second-order valence-electron chi connectivity index (χ2n) is 2.06. The molecule has 0 aromatic carbocycles. The van der Waals surface area contributed by atoms with Crippen LogP contribution >= 0.6 is 0 Å². The molecule has 0 aromatic heterocycles. The van der Waals surface area contributed by atoms with Crippen LogP contribution in [-0.4, -0.2) is 6.10 Å². The summed E-state index contributed by atoms with van der Waals surface area (Å²) in [6, 6.07) is 0. The minimum atomic E-state index is 0.245. The molecule has 0 amide bonds. The predicted molar refractivity (Wildman–Crippen MR) is 40.2 cm³/mol. The molecule has 0 unspecified atom stereocenters. The van der Waals surface area contributed by atoms with E-state index in [1.807, 2.05) is 26.8 Å². The van der Waals surface area contributed by atoms with Crippen LogP contribution in [0.4, 0.5) is 0 Å². The SMILES string of the molecule is C=CC(=CC)OC(C)C. The second-order valence-corrected chi connectivity index (χ2v) is 2.06. The Bertz CT molecular complexity index is 112. The normalized spacial score (nSPS) is 11.8. The van der Waals surface area contributed by atoms with Gasteiger partial charge >= 0.3 is 0 Å². The molecule has 0 radical (unpaired) electrons. The Morgan fingerprint density at radius 1 is 1.56 bits per heavy atom. The van der Waals surface area contributed by atoms with Gasteiger partial charge in [-0.2, -0.15) is 0 Å². The summed E-state index contributed by atoms with van der Waals surface area (Å²) in [5.41, 5.74) is 0. The third kappa shape index (κ3) is 3.83. The standard InChI is InChI=1S/C8H14O/c1-5-8(6-2)9-7(3)4/h5-7H,1H2,2-4H3. The lowest BCUT2D eigenvalue weighted by molar-refractivity contribution is 0.157. The van der Waals surface area contributed by atoms with Crippen molar-refractivity contribution in [1.29, 1.82) is 0 Å². The molecule has 0 rings (SSSR count). The topological polar surface area (TPSA) is 9.23 Å². The fraction of sp³-hybridized carbons (Fsp3) is 0.500. The van der Waals surface area contributed by atoms with Crippen molar-refractivity contribution in [2.45, 2.75) is 26.9 Å². The van der Waals surface area contributed by atoms with E-state index in [0.29, 0.717) is 0 Å². The first kappa shape index (κ1) is 8.28. The zero-order valence-electron chi connectivity index (χ0n) is 6.35. The Hall–Kier alpha value is -0.720. The molecule has 0 spiro atoms. The van der Waals surface area contributed by atoms with E-state index >= 15 is 0 Å². The van der Waals surface area contributed by atoms with E-state index in [9.17, 15) is 0 Å². The highest BCUT2D eigenvalue weighted by Crippen LogP contribution is 2.01. The molecule has 0 heterocycles. The summed E-state index contributed by atoms with van der Waals surface area (Å²) in [6.45, 7) is 9.51. The Morgan fingerprint density at radius 3 is 2.22 bits per heavy atom. The Kier molecular flexibility index (Phi) is 3.85. The van der Waals surface area contributed by atoms with Gasteiger partial charge in [-0.05, 0) is 32.9 Å². The molecule has 1 nitrogen and oxygen atoms in total. The molecule has 9 heavy (non-hydrogen) atoms. The van der Waals surface area contributed by atoms with Gasteiger partial charge in [-0.15, -0.1) is 0 Å². The predicted octanol–water partition coefficient (Wildman–Crippen LogP) is 2.50. The third-order valence-electron chi connectivity index (χ3n) is 0.857. The van der Waals surface area contributed by atoms with Crippen LogP contribution in [0.2, 0.25) is 0 Å². The largest absolute Gasteiger partial charge is 0.491 e. The van der Waals surface area contributed by atoms with Gasteiger partial charge in [0.05, 0.1) is 6.10 Å². The summed E-state index contributed by atoms with van der Waals surface area (Å²) in [5, 5.41) is 0. The van der Waals surface area contributed by atoms with Gasteiger partial charge in [0.15, 0.2) is 0 Å². The Morgan fingerprint density at radius 2 is 2.11 bits per heavy atom. The summed E-state index contributed by atoms with van der Waals surface area (Å²) >= 11 is 0. The van der Waals surface area contributed by atoms with Gasteiger partial charge in [0.1, 0.15) is 5.76 Å². The van der Waals surface area contributed by atoms with Gasteiger partial charge in [0.25, 0.3) is 0 Å². The van der Waals surface area contributed by atoms with E-state index in [2.05, 4.69) is 6.58 Å². The molecule has 0 atom stereocenters. The summed E-state index contributed by atoms with van der Waals surface area (Å²) < 4.78 is 5.29. The molecular formula is C8H14O. The van der Waals surface area contributed by atoms with Gasteiger partial charge in [-0.3, -0.25) is 0 Å². The molecule has 0 fully saturated rings. The van der Waals surface area contributed by atoms with Crippen LogP contribution in [0.1, 0.15) is 20.8 Å². The molecule has 0 aromatic rings. The monoisotopic (exact) mass is 126 g/mol. The maximum atomic E-state index is 5.29. The van der Waals surface area contributed by atoms with Gasteiger partial charge in [-0.1, -0.05) is 6.58 Å². The average Bonchev–Trinajstić information content (AvgIpc) is 1.82. The van der Waals surface area contributed by atoms with Gasteiger partial charge in [-0.25, -0.2) is 0 Å². The van der Waals surface area contributed by atoms with E-state index < -0.39 is 0 Å². The number of allylic oxidation sites excluding steroid dienone is 2. The van der Waals surface area contributed by atoms with Crippen LogP contribution < -0.4 is 0 Å². The fourth-order valence-corrected chi connectivity index (χ4v) is 0.506. The number of rotatable bonds is 3. The summed E-state index contributed by atoms with van der Waals surface area (Å²) in [7, 11) is 0. The van der Waals surface area contributed by atoms with Crippen molar-refractivity contribution in [2.24, 2.45) is 0 Å². The van der Waals surface area contributed by atoms with Gasteiger partial charge < -0.3 is 4.74 Å². The molecule has 0 bridgehead atoms. The first-order valence-electron chi connectivity index (χ1n) is 3.16. The Labute approximate surface area is 57.0 Å². The van der Waals surface area contributed by atoms with Crippen LogP contribution in [0.3, 0.4) is 0 Å². The molecule has 0 aliphatic heterocycles. The van der Waals surface area contributed by atoms with E-state index in [0.717, 1.165) is 5.76 Å². The van der Waals surface area contributed by atoms with Crippen molar-refractivity contribution in [1.82, 2.24) is 0 Å². The summed E-state index contributed by atoms with van der Waals surface area (Å²) in [4.78, 5) is 0. The molecule has 0 saturated heterocycles. The minimum absolute atomic E-state index is 0.245. The molecule has 0 saturated carbocycles. The quantitative estimate of drug-likeness (QED) is 0.417. The first-order valence-corrected chi connectivity index (χ1v) is 3.16. The van der Waals surface area contributed by atoms with Crippen molar-refractivity contribution in [3.8, 4) is 0 Å². The van der Waals surface area contributed by atoms with E-state index in [-0.39, 0.29) is 6.10 Å². The second kappa shape index (κ2) is 4.19. The van der Waals surface area contributed by atoms with Gasteiger partial charge in [0.2, 0.25) is 0 Å².